The van der Waals surface area contributed by atoms with Gasteiger partial charge in [0, 0.05) is 16.8 Å². The van der Waals surface area contributed by atoms with E-state index < -0.39 is 0 Å². The van der Waals surface area contributed by atoms with Gasteiger partial charge in [0.15, 0.2) is 0 Å². The number of hydrogen-bond acceptors (Lipinski definition) is 2. The van der Waals surface area contributed by atoms with E-state index in [0.717, 1.165) is 16.9 Å². The van der Waals surface area contributed by atoms with E-state index in [2.05, 4.69) is 31.2 Å². The van der Waals surface area contributed by atoms with Crippen molar-refractivity contribution >= 4 is 5.69 Å². The monoisotopic (exact) mass is 285 g/mol. The predicted octanol–water partition coefficient (Wildman–Crippen LogP) is 4.32. The van der Waals surface area contributed by atoms with Gasteiger partial charge in [-0.1, -0.05) is 0 Å². The zero-order valence-electron chi connectivity index (χ0n) is 12.7. The minimum Gasteiger partial charge on any atom is -0.377 e. The summed E-state index contributed by atoms with van der Waals surface area (Å²) in [5.74, 6) is 0.479. The summed E-state index contributed by atoms with van der Waals surface area (Å²) >= 11 is 0. The van der Waals surface area contributed by atoms with Crippen LogP contribution in [0.5, 0.6) is 0 Å². The zero-order valence-corrected chi connectivity index (χ0v) is 12.7. The fourth-order valence-corrected chi connectivity index (χ4v) is 3.25. The molecule has 1 saturated carbocycles. The summed E-state index contributed by atoms with van der Waals surface area (Å²) in [6.45, 7) is 6.40. The fourth-order valence-electron chi connectivity index (χ4n) is 3.25. The normalized spacial score (nSPS) is 20.7. The summed E-state index contributed by atoms with van der Waals surface area (Å²) in [4.78, 5) is 0. The molecule has 0 unspecified atom stereocenters. The van der Waals surface area contributed by atoms with Crippen molar-refractivity contribution in [3.63, 3.8) is 0 Å². The SMILES string of the molecule is CC(C)(C)n1ncc2c1-c1cc(F)ccc1N[C@@H]2C1CC1. The molecule has 1 N–H and O–H groups in total. The number of halogens is 1. The lowest BCUT2D eigenvalue weighted by Crippen LogP contribution is -2.26. The maximum absolute atomic E-state index is 13.7. The molecule has 1 aromatic heterocycles. The molecule has 21 heavy (non-hydrogen) atoms. The first-order valence-electron chi connectivity index (χ1n) is 7.60. The third-order valence-electron chi connectivity index (χ3n) is 4.41. The highest BCUT2D eigenvalue weighted by Gasteiger charge is 2.39. The predicted molar refractivity (Wildman–Crippen MR) is 81.7 cm³/mol. The van der Waals surface area contributed by atoms with Gasteiger partial charge in [-0.05, 0) is 57.7 Å². The largest absolute Gasteiger partial charge is 0.377 e. The maximum atomic E-state index is 13.7. The van der Waals surface area contributed by atoms with Crippen molar-refractivity contribution in [3.8, 4) is 11.3 Å². The van der Waals surface area contributed by atoms with Crippen LogP contribution in [-0.2, 0) is 5.54 Å². The lowest BCUT2D eigenvalue weighted by Gasteiger charge is -2.31. The lowest BCUT2D eigenvalue weighted by molar-refractivity contribution is 0.359. The molecular formula is C17H20FN3. The molecule has 4 rings (SSSR count). The molecule has 1 fully saturated rings. The molecule has 1 aliphatic heterocycles. The number of hydrogen-bond donors (Lipinski definition) is 1. The van der Waals surface area contributed by atoms with E-state index in [0.29, 0.717) is 12.0 Å². The van der Waals surface area contributed by atoms with Gasteiger partial charge < -0.3 is 5.32 Å². The van der Waals surface area contributed by atoms with Crippen LogP contribution in [0.4, 0.5) is 10.1 Å². The van der Waals surface area contributed by atoms with Crippen molar-refractivity contribution in [2.24, 2.45) is 5.92 Å². The molecular weight excluding hydrogens is 265 g/mol. The van der Waals surface area contributed by atoms with Gasteiger partial charge in [-0.3, -0.25) is 4.68 Å². The van der Waals surface area contributed by atoms with E-state index >= 15 is 0 Å². The summed E-state index contributed by atoms with van der Waals surface area (Å²) in [6.07, 6.45) is 4.48. The first-order chi connectivity index (χ1) is 9.95. The van der Waals surface area contributed by atoms with Crippen molar-refractivity contribution < 1.29 is 4.39 Å². The second-order valence-electron chi connectivity index (χ2n) is 7.18. The van der Waals surface area contributed by atoms with Crippen molar-refractivity contribution in [2.45, 2.75) is 45.2 Å². The van der Waals surface area contributed by atoms with Crippen LogP contribution in [0.25, 0.3) is 11.3 Å². The Labute approximate surface area is 124 Å². The van der Waals surface area contributed by atoms with E-state index in [1.807, 2.05) is 16.9 Å². The molecule has 1 atom stereocenters. The molecule has 2 aliphatic rings. The smallest absolute Gasteiger partial charge is 0.124 e. The minimum absolute atomic E-state index is 0.122. The molecule has 0 spiro atoms. The summed E-state index contributed by atoms with van der Waals surface area (Å²) in [6, 6.07) is 5.31. The third kappa shape index (κ3) is 1.96. The Morgan fingerprint density at radius 3 is 2.71 bits per heavy atom. The number of nitrogens with zero attached hydrogens (tertiary/aromatic N) is 2. The highest BCUT2D eigenvalue weighted by molar-refractivity contribution is 5.82. The Kier molecular flexibility index (Phi) is 2.51. The zero-order chi connectivity index (χ0) is 14.8. The Bertz CT molecular complexity index is 707. The van der Waals surface area contributed by atoms with Gasteiger partial charge in [0.25, 0.3) is 0 Å². The van der Waals surface area contributed by atoms with Gasteiger partial charge in [-0.15, -0.1) is 0 Å². The number of benzene rings is 1. The summed E-state index contributed by atoms with van der Waals surface area (Å²) < 4.78 is 15.8. The third-order valence-corrected chi connectivity index (χ3v) is 4.41. The molecule has 2 heterocycles. The Balaban J connectivity index is 1.96. The molecule has 1 aromatic carbocycles. The number of rotatable bonds is 1. The first-order valence-corrected chi connectivity index (χ1v) is 7.60. The summed E-state index contributed by atoms with van der Waals surface area (Å²) in [7, 11) is 0. The average Bonchev–Trinajstić information content (AvgIpc) is 3.14. The van der Waals surface area contributed by atoms with Gasteiger partial charge >= 0.3 is 0 Å². The van der Waals surface area contributed by atoms with Gasteiger partial charge in [0.2, 0.25) is 0 Å². The van der Waals surface area contributed by atoms with E-state index in [-0.39, 0.29) is 11.4 Å². The molecule has 2 aromatic rings. The van der Waals surface area contributed by atoms with E-state index in [1.54, 1.807) is 6.07 Å². The van der Waals surface area contributed by atoms with Crippen LogP contribution in [0.1, 0.15) is 45.2 Å². The molecule has 0 amide bonds. The Morgan fingerprint density at radius 2 is 2.05 bits per heavy atom. The summed E-state index contributed by atoms with van der Waals surface area (Å²) in [5.41, 5.74) is 4.11. The van der Waals surface area contributed by atoms with E-state index in [4.69, 9.17) is 0 Å². The van der Waals surface area contributed by atoms with E-state index in [9.17, 15) is 4.39 Å². The van der Waals surface area contributed by atoms with E-state index in [1.165, 1.54) is 24.5 Å². The van der Waals surface area contributed by atoms with Crippen molar-refractivity contribution in [3.05, 3.63) is 35.8 Å². The molecule has 1 aliphatic carbocycles. The van der Waals surface area contributed by atoms with Crippen molar-refractivity contribution in [2.75, 3.05) is 5.32 Å². The van der Waals surface area contributed by atoms with Crippen LogP contribution in [0.3, 0.4) is 0 Å². The number of nitrogens with one attached hydrogen (secondary N) is 1. The van der Waals surface area contributed by atoms with Crippen molar-refractivity contribution in [1.29, 1.82) is 0 Å². The second kappa shape index (κ2) is 4.09. The number of fused-ring (bicyclic) bond motifs is 3. The molecule has 0 bridgehead atoms. The molecule has 4 heteroatoms. The van der Waals surface area contributed by atoms with Gasteiger partial charge in [0.1, 0.15) is 5.82 Å². The standard InChI is InChI=1S/C17H20FN3/c1-17(2,3)21-16-12-8-11(18)6-7-14(12)20-15(10-4-5-10)13(16)9-19-21/h6-10,15,20H,4-5H2,1-3H3/t15-/m1/s1. The Morgan fingerprint density at radius 1 is 1.29 bits per heavy atom. The van der Waals surface area contributed by atoms with Gasteiger partial charge in [-0.25, -0.2) is 4.39 Å². The van der Waals surface area contributed by atoms with Gasteiger partial charge in [0.05, 0.1) is 23.5 Å². The highest BCUT2D eigenvalue weighted by Crippen LogP contribution is 2.50. The van der Waals surface area contributed by atoms with Crippen LogP contribution < -0.4 is 5.32 Å². The maximum Gasteiger partial charge on any atom is 0.124 e. The minimum atomic E-state index is -0.201. The second-order valence-corrected chi connectivity index (χ2v) is 7.18. The Hall–Kier alpha value is -1.84. The van der Waals surface area contributed by atoms with Crippen LogP contribution >= 0.6 is 0 Å². The average molecular weight is 285 g/mol. The quantitative estimate of drug-likeness (QED) is 0.845. The van der Waals surface area contributed by atoms with Crippen LogP contribution in [0, 0.1) is 11.7 Å². The molecule has 0 saturated heterocycles. The summed E-state index contributed by atoms with van der Waals surface area (Å²) in [5, 5.41) is 8.20. The number of aromatic nitrogens is 2. The van der Waals surface area contributed by atoms with Crippen LogP contribution in [0.2, 0.25) is 0 Å². The topological polar surface area (TPSA) is 29.9 Å². The first kappa shape index (κ1) is 12.9. The number of anilines is 1. The fraction of sp³-hybridized carbons (Fsp3) is 0.471. The van der Waals surface area contributed by atoms with Crippen molar-refractivity contribution in [1.82, 2.24) is 9.78 Å². The molecule has 3 nitrogen and oxygen atoms in total. The van der Waals surface area contributed by atoms with Crippen LogP contribution in [-0.4, -0.2) is 9.78 Å². The van der Waals surface area contributed by atoms with Gasteiger partial charge in [-0.2, -0.15) is 5.10 Å². The highest BCUT2D eigenvalue weighted by atomic mass is 19.1. The molecule has 0 radical (unpaired) electrons. The molecule has 110 valence electrons. The lowest BCUT2D eigenvalue weighted by atomic mass is 9.92. The van der Waals surface area contributed by atoms with Crippen LogP contribution in [0.15, 0.2) is 24.4 Å².